The molecule has 234 valence electrons. The van der Waals surface area contributed by atoms with E-state index in [1.54, 1.807) is 0 Å². The zero-order chi connectivity index (χ0) is 28.6. The van der Waals surface area contributed by atoms with Gasteiger partial charge in [0.05, 0.1) is 0 Å². The van der Waals surface area contributed by atoms with Gasteiger partial charge >= 0.3 is 0 Å². The quantitative estimate of drug-likeness (QED) is 0.285. The third-order valence-corrected chi connectivity index (χ3v) is 11.8. The van der Waals surface area contributed by atoms with Gasteiger partial charge in [-0.25, -0.2) is 0 Å². The van der Waals surface area contributed by atoms with Gasteiger partial charge in [0, 0.05) is 89.6 Å². The molecule has 4 fully saturated rings. The molecule has 0 spiro atoms. The molecule has 0 aromatic heterocycles. The van der Waals surface area contributed by atoms with E-state index in [0.717, 1.165) is 41.8 Å². The molecule has 0 N–H and O–H groups in total. The van der Waals surface area contributed by atoms with E-state index in [9.17, 15) is 0 Å². The first-order chi connectivity index (χ1) is 19.2. The molecular formula is C35H69N5. The lowest BCUT2D eigenvalue weighted by Crippen LogP contribution is -2.54. The lowest BCUT2D eigenvalue weighted by molar-refractivity contribution is 0.0203. The van der Waals surface area contributed by atoms with Gasteiger partial charge in [0.2, 0.25) is 0 Å². The Balaban J connectivity index is 1.08. The molecule has 0 amide bonds. The van der Waals surface area contributed by atoms with Crippen LogP contribution in [-0.2, 0) is 0 Å². The first-order valence-electron chi connectivity index (χ1n) is 17.9. The van der Waals surface area contributed by atoms with E-state index in [1.807, 2.05) is 0 Å². The second-order valence-electron chi connectivity index (χ2n) is 15.2. The molecule has 3 aliphatic heterocycles. The summed E-state index contributed by atoms with van der Waals surface area (Å²) >= 11 is 0. The Morgan fingerprint density at radius 1 is 0.625 bits per heavy atom. The summed E-state index contributed by atoms with van der Waals surface area (Å²) in [4.78, 5) is 13.8. The summed E-state index contributed by atoms with van der Waals surface area (Å²) in [5, 5.41) is 0. The monoisotopic (exact) mass is 560 g/mol. The summed E-state index contributed by atoms with van der Waals surface area (Å²) in [7, 11) is 0. The number of piperazine rings is 2. The van der Waals surface area contributed by atoms with Gasteiger partial charge in [-0.3, -0.25) is 9.80 Å². The Kier molecular flexibility index (Phi) is 13.1. The molecule has 4 aliphatic rings. The normalized spacial score (nSPS) is 34.4. The Bertz CT molecular complexity index is 678. The fourth-order valence-corrected chi connectivity index (χ4v) is 9.40. The number of nitrogens with zero attached hydrogens (tertiary/aromatic N) is 5. The summed E-state index contributed by atoms with van der Waals surface area (Å²) in [5.41, 5.74) is 0. The van der Waals surface area contributed by atoms with Crippen LogP contribution in [0.2, 0.25) is 0 Å². The molecule has 4 rings (SSSR count). The van der Waals surface area contributed by atoms with Gasteiger partial charge in [-0.1, -0.05) is 13.8 Å². The van der Waals surface area contributed by atoms with Gasteiger partial charge in [0.25, 0.3) is 0 Å². The Morgan fingerprint density at radius 3 is 1.70 bits per heavy atom. The van der Waals surface area contributed by atoms with Gasteiger partial charge in [0.15, 0.2) is 0 Å². The highest BCUT2D eigenvalue weighted by Gasteiger charge is 2.34. The van der Waals surface area contributed by atoms with E-state index in [4.69, 9.17) is 0 Å². The maximum absolute atomic E-state index is 2.81. The van der Waals surface area contributed by atoms with Crippen molar-refractivity contribution >= 4 is 0 Å². The van der Waals surface area contributed by atoms with Crippen molar-refractivity contribution in [2.24, 2.45) is 23.7 Å². The summed E-state index contributed by atoms with van der Waals surface area (Å²) < 4.78 is 0. The minimum atomic E-state index is 0.676. The first kappa shape index (κ1) is 32.7. The number of hydrogen-bond acceptors (Lipinski definition) is 5. The highest BCUT2D eigenvalue weighted by atomic mass is 15.3. The van der Waals surface area contributed by atoms with Crippen LogP contribution < -0.4 is 0 Å². The fourth-order valence-electron chi connectivity index (χ4n) is 9.40. The molecule has 1 aliphatic carbocycles. The van der Waals surface area contributed by atoms with E-state index in [-0.39, 0.29) is 0 Å². The van der Waals surface area contributed by atoms with Gasteiger partial charge in [-0.15, -0.1) is 0 Å². The third kappa shape index (κ3) is 9.40. The second kappa shape index (κ2) is 16.0. The molecule has 3 saturated heterocycles. The van der Waals surface area contributed by atoms with Crippen molar-refractivity contribution in [2.75, 3.05) is 72.0 Å². The van der Waals surface area contributed by atoms with Crippen LogP contribution >= 0.6 is 0 Å². The summed E-state index contributed by atoms with van der Waals surface area (Å²) in [5.74, 6) is 3.73. The van der Waals surface area contributed by atoms with E-state index in [2.05, 4.69) is 73.0 Å². The van der Waals surface area contributed by atoms with Gasteiger partial charge in [-0.2, -0.15) is 0 Å². The van der Waals surface area contributed by atoms with Crippen LogP contribution in [0.15, 0.2) is 0 Å². The average Bonchev–Trinajstić information content (AvgIpc) is 2.93. The van der Waals surface area contributed by atoms with E-state index < -0.39 is 0 Å². The van der Waals surface area contributed by atoms with Crippen molar-refractivity contribution in [1.82, 2.24) is 24.5 Å². The van der Waals surface area contributed by atoms with Crippen LogP contribution in [0.5, 0.6) is 0 Å². The largest absolute Gasteiger partial charge is 0.301 e. The zero-order valence-electron chi connectivity index (χ0n) is 28.0. The average molecular weight is 560 g/mol. The Morgan fingerprint density at radius 2 is 1.15 bits per heavy atom. The highest BCUT2D eigenvalue weighted by Crippen LogP contribution is 2.36. The van der Waals surface area contributed by atoms with Crippen molar-refractivity contribution in [3.8, 4) is 0 Å². The van der Waals surface area contributed by atoms with Crippen molar-refractivity contribution in [3.63, 3.8) is 0 Å². The minimum absolute atomic E-state index is 0.676. The standard InChI is InChI=1S/C35H69N5/c1-8-15-36-16-18-37(19-17-36)26-33-11-13-35(14-12-33)29(4)9-10-30(5)39-22-20-38(21-23-39)27-34-24-31(6)40(28(2)3)32(7)25-34/h28-35H,8-27H2,1-7H3/t29-,30?,31-,32+,33?,34?,35?/m0/s1. The highest BCUT2D eigenvalue weighted by molar-refractivity contribution is 4.89. The molecule has 0 aromatic carbocycles. The van der Waals surface area contributed by atoms with E-state index in [1.165, 1.54) is 130 Å². The second-order valence-corrected chi connectivity index (χ2v) is 15.2. The molecular weight excluding hydrogens is 490 g/mol. The van der Waals surface area contributed by atoms with Gasteiger partial charge in [-0.05, 0) is 123 Å². The molecule has 5 nitrogen and oxygen atoms in total. The van der Waals surface area contributed by atoms with Crippen molar-refractivity contribution in [3.05, 3.63) is 0 Å². The van der Waals surface area contributed by atoms with Crippen molar-refractivity contribution in [2.45, 2.75) is 130 Å². The minimum Gasteiger partial charge on any atom is -0.301 e. The maximum atomic E-state index is 2.81. The smallest absolute Gasteiger partial charge is 0.0113 e. The topological polar surface area (TPSA) is 16.2 Å². The Hall–Kier alpha value is -0.200. The van der Waals surface area contributed by atoms with Crippen LogP contribution in [-0.4, -0.2) is 121 Å². The Labute approximate surface area is 250 Å². The fraction of sp³-hybridized carbons (Fsp3) is 1.00. The number of piperidine rings is 1. The molecule has 5 heteroatoms. The lowest BCUT2D eigenvalue weighted by Gasteiger charge is -2.47. The van der Waals surface area contributed by atoms with Crippen molar-refractivity contribution in [1.29, 1.82) is 0 Å². The molecule has 2 unspecified atom stereocenters. The zero-order valence-corrected chi connectivity index (χ0v) is 28.0. The number of rotatable bonds is 12. The molecule has 0 aromatic rings. The first-order valence-corrected chi connectivity index (χ1v) is 17.9. The molecule has 5 atom stereocenters. The van der Waals surface area contributed by atoms with Crippen LogP contribution in [0.3, 0.4) is 0 Å². The van der Waals surface area contributed by atoms with Crippen LogP contribution in [0.1, 0.15) is 106 Å². The lowest BCUT2D eigenvalue weighted by atomic mass is 9.74. The van der Waals surface area contributed by atoms with Gasteiger partial charge in [0.1, 0.15) is 0 Å². The van der Waals surface area contributed by atoms with Crippen LogP contribution in [0, 0.1) is 23.7 Å². The van der Waals surface area contributed by atoms with Gasteiger partial charge < -0.3 is 14.7 Å². The van der Waals surface area contributed by atoms with Crippen LogP contribution in [0.25, 0.3) is 0 Å². The molecule has 0 bridgehead atoms. The van der Waals surface area contributed by atoms with Crippen LogP contribution in [0.4, 0.5) is 0 Å². The maximum Gasteiger partial charge on any atom is 0.0113 e. The van der Waals surface area contributed by atoms with Crippen molar-refractivity contribution < 1.29 is 0 Å². The van der Waals surface area contributed by atoms with E-state index >= 15 is 0 Å². The molecule has 40 heavy (non-hydrogen) atoms. The predicted octanol–water partition coefficient (Wildman–Crippen LogP) is 6.14. The summed E-state index contributed by atoms with van der Waals surface area (Å²) in [6, 6.07) is 2.90. The molecule has 3 heterocycles. The van der Waals surface area contributed by atoms with E-state index in [0.29, 0.717) is 6.04 Å². The third-order valence-electron chi connectivity index (χ3n) is 11.8. The number of hydrogen-bond donors (Lipinski definition) is 0. The molecule has 1 saturated carbocycles. The predicted molar refractivity (Wildman–Crippen MR) is 173 cm³/mol. The molecule has 0 radical (unpaired) electrons. The summed E-state index contributed by atoms with van der Waals surface area (Å²) in [6.45, 7) is 31.4. The summed E-state index contributed by atoms with van der Waals surface area (Å²) in [6.07, 6.45) is 12.8. The SMILES string of the molecule is CCCN1CCN(CC2CCC([C@@H](C)CCC(C)N3CCN(CC4C[C@@H](C)N(C(C)C)[C@@H](C)C4)CC3)CC2)CC1. The number of likely N-dealkylation sites (tertiary alicyclic amines) is 1.